The molecule has 6 nitrogen and oxygen atoms in total. The van der Waals surface area contributed by atoms with Gasteiger partial charge in [-0.2, -0.15) is 4.31 Å². The number of benzene rings is 2. The Bertz CT molecular complexity index is 920. The fourth-order valence-electron chi connectivity index (χ4n) is 3.41. The molecule has 0 unspecified atom stereocenters. The van der Waals surface area contributed by atoms with Gasteiger partial charge >= 0.3 is 0 Å². The van der Waals surface area contributed by atoms with Crippen LogP contribution in [0.25, 0.3) is 0 Å². The molecule has 2 aromatic carbocycles. The fourth-order valence-corrected chi connectivity index (χ4v) is 4.93. The van der Waals surface area contributed by atoms with Crippen LogP contribution in [-0.4, -0.2) is 38.8 Å². The average molecular weight is 403 g/mol. The zero-order valence-electron chi connectivity index (χ0n) is 16.2. The zero-order chi connectivity index (χ0) is 20.1. The summed E-state index contributed by atoms with van der Waals surface area (Å²) in [4.78, 5) is 12.8. The Morgan fingerprint density at radius 3 is 2.32 bits per heavy atom. The van der Waals surface area contributed by atoms with Crippen LogP contribution in [-0.2, 0) is 10.0 Å². The summed E-state index contributed by atoms with van der Waals surface area (Å²) < 4.78 is 32.3. The lowest BCUT2D eigenvalue weighted by molar-refractivity contribution is 0.0939. The molecule has 1 aliphatic heterocycles. The van der Waals surface area contributed by atoms with Crippen molar-refractivity contribution in [3.8, 4) is 5.75 Å². The molecule has 1 fully saturated rings. The normalized spacial score (nSPS) is 16.4. The molecular weight excluding hydrogens is 376 g/mol. The van der Waals surface area contributed by atoms with E-state index in [1.807, 2.05) is 31.2 Å². The quantitative estimate of drug-likeness (QED) is 0.804. The molecule has 7 heteroatoms. The molecule has 3 rings (SSSR count). The molecule has 1 aliphatic rings. The maximum Gasteiger partial charge on any atom is 0.251 e. The number of carbonyl (C=O) groups is 1. The van der Waals surface area contributed by atoms with E-state index in [0.717, 1.165) is 24.8 Å². The molecule has 0 spiro atoms. The van der Waals surface area contributed by atoms with Gasteiger partial charge in [0.1, 0.15) is 5.75 Å². The first-order chi connectivity index (χ1) is 13.4. The number of sulfonamides is 1. The summed E-state index contributed by atoms with van der Waals surface area (Å²) in [6.07, 6.45) is 2.84. The molecule has 1 heterocycles. The summed E-state index contributed by atoms with van der Waals surface area (Å²) >= 11 is 0. The molecule has 0 aromatic heterocycles. The van der Waals surface area contributed by atoms with Crippen LogP contribution in [0.3, 0.4) is 0 Å². The number of rotatable bonds is 6. The molecule has 28 heavy (non-hydrogen) atoms. The van der Waals surface area contributed by atoms with E-state index in [1.165, 1.54) is 16.4 Å². The molecule has 1 N–H and O–H groups in total. The fraction of sp³-hybridized carbons (Fsp3) is 0.381. The summed E-state index contributed by atoms with van der Waals surface area (Å²) in [6.45, 7) is 2.99. The summed E-state index contributed by atoms with van der Waals surface area (Å²) in [5, 5.41) is 2.93. The summed E-state index contributed by atoms with van der Waals surface area (Å²) in [5.41, 5.74) is 1.29. The van der Waals surface area contributed by atoms with Crippen LogP contribution in [0, 0.1) is 0 Å². The van der Waals surface area contributed by atoms with Crippen molar-refractivity contribution in [2.45, 2.75) is 37.1 Å². The highest BCUT2D eigenvalue weighted by atomic mass is 32.2. The zero-order valence-corrected chi connectivity index (χ0v) is 17.0. The van der Waals surface area contributed by atoms with E-state index in [-0.39, 0.29) is 16.8 Å². The lowest BCUT2D eigenvalue weighted by Gasteiger charge is -2.25. The van der Waals surface area contributed by atoms with Crippen LogP contribution in [0.4, 0.5) is 0 Å². The van der Waals surface area contributed by atoms with Crippen molar-refractivity contribution in [3.63, 3.8) is 0 Å². The second-order valence-corrected chi connectivity index (χ2v) is 8.86. The summed E-state index contributed by atoms with van der Waals surface area (Å²) in [7, 11) is -1.90. The lowest BCUT2D eigenvalue weighted by Crippen LogP contribution is -2.35. The molecule has 1 saturated heterocycles. The maximum absolute atomic E-state index is 12.7. The minimum atomic E-state index is -3.49. The Kier molecular flexibility index (Phi) is 6.36. The van der Waals surface area contributed by atoms with Gasteiger partial charge in [0, 0.05) is 24.2 Å². The number of ether oxygens (including phenoxy) is 1. The molecule has 0 aliphatic carbocycles. The summed E-state index contributed by atoms with van der Waals surface area (Å²) in [5.74, 6) is 0.443. The highest BCUT2D eigenvalue weighted by Gasteiger charge is 2.26. The van der Waals surface area contributed by atoms with Crippen molar-refractivity contribution in [3.05, 3.63) is 59.7 Å². The summed E-state index contributed by atoms with van der Waals surface area (Å²) in [6, 6.07) is 13.4. The molecule has 2 aromatic rings. The van der Waals surface area contributed by atoms with E-state index in [9.17, 15) is 13.2 Å². The third kappa shape index (κ3) is 4.36. The van der Waals surface area contributed by atoms with Crippen molar-refractivity contribution in [2.24, 2.45) is 0 Å². The number of methoxy groups -OCH3 is 1. The number of piperidine rings is 1. The number of hydrogen-bond donors (Lipinski definition) is 1. The van der Waals surface area contributed by atoms with E-state index in [4.69, 9.17) is 4.74 Å². The molecule has 0 radical (unpaired) electrons. The Labute approximate surface area is 166 Å². The van der Waals surface area contributed by atoms with Gasteiger partial charge in [-0.25, -0.2) is 8.42 Å². The number of nitrogens with zero attached hydrogens (tertiary/aromatic N) is 1. The van der Waals surface area contributed by atoms with Gasteiger partial charge < -0.3 is 10.1 Å². The van der Waals surface area contributed by atoms with E-state index in [0.29, 0.717) is 24.4 Å². The van der Waals surface area contributed by atoms with Crippen molar-refractivity contribution in [2.75, 3.05) is 20.2 Å². The minimum absolute atomic E-state index is 0.226. The number of amides is 1. The van der Waals surface area contributed by atoms with Gasteiger partial charge in [0.25, 0.3) is 5.91 Å². The van der Waals surface area contributed by atoms with Gasteiger partial charge in [-0.1, -0.05) is 24.6 Å². The SMILES string of the molecule is COc1ccccc1[C@@H](C)NC(=O)c1ccc(S(=O)(=O)N2CCCCC2)cc1. The predicted molar refractivity (Wildman–Crippen MR) is 108 cm³/mol. The highest BCUT2D eigenvalue weighted by molar-refractivity contribution is 7.89. The van der Waals surface area contributed by atoms with Gasteiger partial charge in [-0.3, -0.25) is 4.79 Å². The van der Waals surface area contributed by atoms with Crippen LogP contribution in [0.15, 0.2) is 53.4 Å². The van der Waals surface area contributed by atoms with Crippen LogP contribution in [0.1, 0.15) is 48.1 Å². The monoisotopic (exact) mass is 402 g/mol. The van der Waals surface area contributed by atoms with Gasteiger partial charge in [0.2, 0.25) is 10.0 Å². The molecular formula is C21H26N2O4S. The Hall–Kier alpha value is -2.38. The number of nitrogens with one attached hydrogen (secondary N) is 1. The highest BCUT2D eigenvalue weighted by Crippen LogP contribution is 2.25. The van der Waals surface area contributed by atoms with Crippen LogP contribution in [0.5, 0.6) is 5.75 Å². The van der Waals surface area contributed by atoms with Crippen LogP contribution < -0.4 is 10.1 Å². The Balaban J connectivity index is 1.71. The van der Waals surface area contributed by atoms with Crippen molar-refractivity contribution < 1.29 is 17.9 Å². The number of para-hydroxylation sites is 1. The lowest BCUT2D eigenvalue weighted by atomic mass is 10.1. The molecule has 0 saturated carbocycles. The van der Waals surface area contributed by atoms with Crippen molar-refractivity contribution >= 4 is 15.9 Å². The number of carbonyl (C=O) groups excluding carboxylic acids is 1. The third-order valence-electron chi connectivity index (χ3n) is 5.02. The van der Waals surface area contributed by atoms with Gasteiger partial charge in [-0.15, -0.1) is 0 Å². The first-order valence-electron chi connectivity index (χ1n) is 9.47. The van der Waals surface area contributed by atoms with E-state index in [2.05, 4.69) is 5.32 Å². The van der Waals surface area contributed by atoms with E-state index in [1.54, 1.807) is 19.2 Å². The smallest absolute Gasteiger partial charge is 0.251 e. The van der Waals surface area contributed by atoms with Gasteiger partial charge in [0.15, 0.2) is 0 Å². The molecule has 150 valence electrons. The molecule has 0 bridgehead atoms. The van der Waals surface area contributed by atoms with Crippen LogP contribution in [0.2, 0.25) is 0 Å². The largest absolute Gasteiger partial charge is 0.496 e. The predicted octanol–water partition coefficient (Wildman–Crippen LogP) is 3.36. The topological polar surface area (TPSA) is 75.7 Å². The Morgan fingerprint density at radius 1 is 1.04 bits per heavy atom. The van der Waals surface area contributed by atoms with E-state index < -0.39 is 10.0 Å². The second-order valence-electron chi connectivity index (χ2n) is 6.93. The maximum atomic E-state index is 12.7. The first-order valence-corrected chi connectivity index (χ1v) is 10.9. The van der Waals surface area contributed by atoms with Gasteiger partial charge in [-0.05, 0) is 50.1 Å². The van der Waals surface area contributed by atoms with Crippen molar-refractivity contribution in [1.82, 2.24) is 9.62 Å². The van der Waals surface area contributed by atoms with Gasteiger partial charge in [0.05, 0.1) is 18.0 Å². The first kappa shape index (κ1) is 20.4. The average Bonchev–Trinajstić information content (AvgIpc) is 2.74. The van der Waals surface area contributed by atoms with Crippen molar-refractivity contribution in [1.29, 1.82) is 0 Å². The number of hydrogen-bond acceptors (Lipinski definition) is 4. The minimum Gasteiger partial charge on any atom is -0.496 e. The molecule has 1 atom stereocenters. The second kappa shape index (κ2) is 8.75. The van der Waals surface area contributed by atoms with Crippen LogP contribution >= 0.6 is 0 Å². The standard InChI is InChI=1S/C21H26N2O4S/c1-16(19-8-4-5-9-20(19)27-2)22-21(24)17-10-12-18(13-11-17)28(25,26)23-14-6-3-7-15-23/h4-5,8-13,16H,3,6-7,14-15H2,1-2H3,(H,22,24)/t16-/m1/s1. The Morgan fingerprint density at radius 2 is 1.68 bits per heavy atom. The molecule has 1 amide bonds. The third-order valence-corrected chi connectivity index (χ3v) is 6.94. The van der Waals surface area contributed by atoms with E-state index >= 15 is 0 Å².